The van der Waals surface area contributed by atoms with Crippen LogP contribution >= 0.6 is 0 Å². The molecule has 0 spiro atoms. The van der Waals surface area contributed by atoms with Crippen LogP contribution in [0.2, 0.25) is 0 Å². The minimum absolute atomic E-state index is 0.183. The van der Waals surface area contributed by atoms with Gasteiger partial charge in [0.1, 0.15) is 5.75 Å². The average Bonchev–Trinajstić information content (AvgIpc) is 2.90. The average molecular weight is 525 g/mol. The van der Waals surface area contributed by atoms with Crippen LogP contribution in [0.3, 0.4) is 0 Å². The molecule has 1 amide bonds. The fourth-order valence-corrected chi connectivity index (χ4v) is 4.58. The Kier molecular flexibility index (Phi) is 11.2. The predicted molar refractivity (Wildman–Crippen MR) is 150 cm³/mol. The summed E-state index contributed by atoms with van der Waals surface area (Å²) in [4.78, 5) is 28.8. The minimum Gasteiger partial charge on any atom is -0.493 e. The molecule has 1 fully saturated rings. The highest BCUT2D eigenvalue weighted by Crippen LogP contribution is 2.32. The van der Waals surface area contributed by atoms with E-state index in [4.69, 9.17) is 14.2 Å². The highest BCUT2D eigenvalue weighted by atomic mass is 16.5. The van der Waals surface area contributed by atoms with Crippen molar-refractivity contribution in [1.82, 2.24) is 9.80 Å². The number of aryl methyl sites for hydroxylation is 1. The zero-order valence-electron chi connectivity index (χ0n) is 23.8. The van der Waals surface area contributed by atoms with Crippen LogP contribution < -0.4 is 4.74 Å². The first-order valence-electron chi connectivity index (χ1n) is 13.7. The van der Waals surface area contributed by atoms with E-state index in [-0.39, 0.29) is 17.3 Å². The number of carbonyl (C=O) groups is 2. The first-order valence-corrected chi connectivity index (χ1v) is 13.7. The molecule has 0 N–H and O–H groups in total. The Balaban J connectivity index is 1.65. The van der Waals surface area contributed by atoms with Crippen LogP contribution in [0.5, 0.6) is 5.75 Å². The Morgan fingerprint density at radius 3 is 2.24 bits per heavy atom. The molecule has 2 aromatic rings. The zero-order chi connectivity index (χ0) is 27.5. The highest BCUT2D eigenvalue weighted by Gasteiger charge is 2.29. The van der Waals surface area contributed by atoms with Crippen molar-refractivity contribution in [1.29, 1.82) is 0 Å². The van der Waals surface area contributed by atoms with Gasteiger partial charge < -0.3 is 19.1 Å². The van der Waals surface area contributed by atoms with Gasteiger partial charge in [-0.3, -0.25) is 14.5 Å². The summed E-state index contributed by atoms with van der Waals surface area (Å²) in [6.45, 7) is 13.6. The molecule has 3 rings (SSSR count). The second-order valence-electron chi connectivity index (χ2n) is 10.8. The van der Waals surface area contributed by atoms with Crippen molar-refractivity contribution in [2.45, 2.75) is 53.5 Å². The van der Waals surface area contributed by atoms with Crippen molar-refractivity contribution in [2.24, 2.45) is 5.41 Å². The predicted octanol–water partition coefficient (Wildman–Crippen LogP) is 4.95. The van der Waals surface area contributed by atoms with Crippen molar-refractivity contribution in [3.63, 3.8) is 0 Å². The molecule has 0 radical (unpaired) electrons. The van der Waals surface area contributed by atoms with E-state index in [0.29, 0.717) is 32.7 Å². The van der Waals surface area contributed by atoms with Gasteiger partial charge in [0.05, 0.1) is 13.2 Å². The second kappa shape index (κ2) is 14.3. The van der Waals surface area contributed by atoms with Crippen molar-refractivity contribution in [2.75, 3.05) is 53.1 Å². The van der Waals surface area contributed by atoms with Crippen molar-refractivity contribution in [3.05, 3.63) is 53.6 Å². The topological polar surface area (TPSA) is 68.3 Å². The number of piperazine rings is 1. The Morgan fingerprint density at radius 1 is 0.921 bits per heavy atom. The molecular formula is C31H44N2O5. The number of ether oxygens (including phenoxy) is 3. The third kappa shape index (κ3) is 8.84. The molecule has 1 aliphatic rings. The molecule has 7 nitrogen and oxygen atoms in total. The van der Waals surface area contributed by atoms with Gasteiger partial charge in [0, 0.05) is 70.3 Å². The van der Waals surface area contributed by atoms with E-state index in [2.05, 4.69) is 41.3 Å². The van der Waals surface area contributed by atoms with Crippen molar-refractivity contribution in [3.8, 4) is 16.9 Å². The maximum atomic E-state index is 12.6. The summed E-state index contributed by atoms with van der Waals surface area (Å²) in [7, 11) is 1.69. The zero-order valence-corrected chi connectivity index (χ0v) is 23.8. The Hall–Kier alpha value is -2.90. The summed E-state index contributed by atoms with van der Waals surface area (Å²) in [5.74, 6) is 0.862. The van der Waals surface area contributed by atoms with Gasteiger partial charge >= 0.3 is 5.97 Å². The monoisotopic (exact) mass is 524 g/mol. The quantitative estimate of drug-likeness (QED) is 0.289. The number of nitrogens with zero attached hydrogens (tertiary/aromatic N) is 2. The lowest BCUT2D eigenvalue weighted by Gasteiger charge is -2.37. The van der Waals surface area contributed by atoms with Gasteiger partial charge in [0.15, 0.2) is 0 Å². The fourth-order valence-electron chi connectivity index (χ4n) is 4.58. The van der Waals surface area contributed by atoms with E-state index >= 15 is 0 Å². The minimum atomic E-state index is -0.330. The van der Waals surface area contributed by atoms with Crippen molar-refractivity contribution >= 4 is 11.9 Å². The van der Waals surface area contributed by atoms with Gasteiger partial charge in [-0.1, -0.05) is 57.2 Å². The van der Waals surface area contributed by atoms with Crippen LogP contribution in [-0.4, -0.2) is 74.8 Å². The molecule has 208 valence electrons. The maximum absolute atomic E-state index is 12.6. The summed E-state index contributed by atoms with van der Waals surface area (Å²) in [5, 5.41) is 0. The Labute approximate surface area is 228 Å². The molecule has 1 aliphatic heterocycles. The van der Waals surface area contributed by atoms with Crippen LogP contribution in [-0.2, 0) is 32.0 Å². The third-order valence-electron chi connectivity index (χ3n) is 6.69. The molecule has 38 heavy (non-hydrogen) atoms. The van der Waals surface area contributed by atoms with E-state index in [1.165, 1.54) is 5.56 Å². The van der Waals surface area contributed by atoms with E-state index in [1.54, 1.807) is 7.11 Å². The summed E-state index contributed by atoms with van der Waals surface area (Å²) in [6, 6.07) is 14.8. The molecular weight excluding hydrogens is 480 g/mol. The molecule has 0 saturated carbocycles. The summed E-state index contributed by atoms with van der Waals surface area (Å²) in [6.07, 6.45) is 1.77. The molecule has 2 aromatic carbocycles. The molecule has 1 saturated heterocycles. The number of esters is 1. The number of hydrogen-bond donors (Lipinski definition) is 0. The molecule has 7 heteroatoms. The number of hydrogen-bond acceptors (Lipinski definition) is 6. The van der Waals surface area contributed by atoms with Gasteiger partial charge in [0.2, 0.25) is 5.91 Å². The largest absolute Gasteiger partial charge is 0.493 e. The SMILES string of the molecule is CCOC(=O)CCc1ccc(-c2ccc(CN3CCN(C(=O)C(C)(C)C)CC3)cc2)c(OCCCOC)c1. The molecule has 1 heterocycles. The van der Waals surface area contributed by atoms with Crippen LogP contribution in [0.15, 0.2) is 42.5 Å². The van der Waals surface area contributed by atoms with Crippen LogP contribution in [0.1, 0.15) is 51.7 Å². The van der Waals surface area contributed by atoms with Gasteiger partial charge in [-0.2, -0.15) is 0 Å². The molecule has 0 bridgehead atoms. The van der Waals surface area contributed by atoms with Gasteiger partial charge in [0.25, 0.3) is 0 Å². The van der Waals surface area contributed by atoms with Crippen molar-refractivity contribution < 1.29 is 23.8 Å². The van der Waals surface area contributed by atoms with Crippen LogP contribution in [0.4, 0.5) is 0 Å². The molecule has 0 unspecified atom stereocenters. The Bertz CT molecular complexity index is 1040. The van der Waals surface area contributed by atoms with Crippen LogP contribution in [0, 0.1) is 5.41 Å². The summed E-state index contributed by atoms with van der Waals surface area (Å²) < 4.78 is 16.4. The lowest BCUT2D eigenvalue weighted by Crippen LogP contribution is -2.51. The third-order valence-corrected chi connectivity index (χ3v) is 6.69. The fraction of sp³-hybridized carbons (Fsp3) is 0.548. The first-order chi connectivity index (χ1) is 18.2. The second-order valence-corrected chi connectivity index (χ2v) is 10.8. The molecule has 0 aromatic heterocycles. The van der Waals surface area contributed by atoms with E-state index in [9.17, 15) is 9.59 Å². The first kappa shape index (κ1) is 29.7. The molecule has 0 aliphatic carbocycles. The number of carbonyl (C=O) groups excluding carboxylic acids is 2. The van der Waals surface area contributed by atoms with Gasteiger partial charge in [-0.15, -0.1) is 0 Å². The summed E-state index contributed by atoms with van der Waals surface area (Å²) >= 11 is 0. The lowest BCUT2D eigenvalue weighted by atomic mass is 9.94. The summed E-state index contributed by atoms with van der Waals surface area (Å²) in [5.41, 5.74) is 4.09. The smallest absolute Gasteiger partial charge is 0.306 e. The lowest BCUT2D eigenvalue weighted by molar-refractivity contribution is -0.143. The maximum Gasteiger partial charge on any atom is 0.306 e. The normalized spacial score (nSPS) is 14.4. The highest BCUT2D eigenvalue weighted by molar-refractivity contribution is 5.81. The standard InChI is InChI=1S/C31H44N2O5/c1-6-37-29(34)15-11-24-10-14-27(28(22-24)38-21-7-20-36-5)26-12-8-25(9-13-26)23-32-16-18-33(19-17-32)30(35)31(2,3)4/h8-10,12-14,22H,6-7,11,15-21,23H2,1-5H3. The number of rotatable bonds is 12. The number of amides is 1. The Morgan fingerprint density at radius 2 is 1.61 bits per heavy atom. The van der Waals surface area contributed by atoms with E-state index in [1.807, 2.05) is 38.7 Å². The van der Waals surface area contributed by atoms with Crippen LogP contribution in [0.25, 0.3) is 11.1 Å². The number of benzene rings is 2. The van der Waals surface area contributed by atoms with Gasteiger partial charge in [-0.25, -0.2) is 0 Å². The number of methoxy groups -OCH3 is 1. The van der Waals surface area contributed by atoms with Gasteiger partial charge in [-0.05, 0) is 36.1 Å². The van der Waals surface area contributed by atoms with E-state index < -0.39 is 0 Å². The molecule has 0 atom stereocenters. The van der Waals surface area contributed by atoms with E-state index in [0.717, 1.165) is 61.6 Å².